The summed E-state index contributed by atoms with van der Waals surface area (Å²) in [5.41, 5.74) is 7.51. The van der Waals surface area contributed by atoms with Gasteiger partial charge in [0.15, 0.2) is 5.69 Å². The van der Waals surface area contributed by atoms with Gasteiger partial charge in [-0.3, -0.25) is 4.79 Å². The number of nitrogens with two attached hydrogens (primary N) is 1. The van der Waals surface area contributed by atoms with Crippen LogP contribution in [0.25, 0.3) is 11.5 Å². The van der Waals surface area contributed by atoms with Crippen LogP contribution in [-0.4, -0.2) is 53.9 Å². The first kappa shape index (κ1) is 15.6. The van der Waals surface area contributed by atoms with E-state index < -0.39 is 0 Å². The Bertz CT molecular complexity index is 672. The average Bonchev–Trinajstić information content (AvgIpc) is 3.05. The van der Waals surface area contributed by atoms with Crippen molar-refractivity contribution in [2.45, 2.75) is 18.9 Å². The fourth-order valence-electron chi connectivity index (χ4n) is 2.86. The Morgan fingerprint density at radius 1 is 1.30 bits per heavy atom. The average molecular weight is 314 g/mol. The van der Waals surface area contributed by atoms with Crippen LogP contribution < -0.4 is 5.73 Å². The predicted molar refractivity (Wildman–Crippen MR) is 89.0 cm³/mol. The number of nitrogen functional groups attached to an aromatic ring is 1. The standard InChI is InChI=1S/C17H22N4O2/c1-20-9-7-14(8-10-20)21(2)17(22)15-11-23-16(19-15)12-3-5-13(18)6-4-12/h3-6,11,14H,7-10,18H2,1-2H3. The molecule has 0 saturated carbocycles. The third-order valence-corrected chi connectivity index (χ3v) is 4.44. The van der Waals surface area contributed by atoms with Gasteiger partial charge < -0.3 is 20.0 Å². The summed E-state index contributed by atoms with van der Waals surface area (Å²) in [6.07, 6.45) is 3.41. The maximum Gasteiger partial charge on any atom is 0.275 e. The normalized spacial score (nSPS) is 16.4. The minimum atomic E-state index is -0.0926. The number of carbonyl (C=O) groups excluding carboxylic acids is 1. The predicted octanol–water partition coefficient (Wildman–Crippen LogP) is 2.09. The molecule has 0 spiro atoms. The zero-order valence-corrected chi connectivity index (χ0v) is 13.5. The zero-order chi connectivity index (χ0) is 16.4. The molecule has 0 atom stereocenters. The molecule has 122 valence electrons. The van der Waals surface area contributed by atoms with Gasteiger partial charge in [0.2, 0.25) is 5.89 Å². The molecule has 2 heterocycles. The zero-order valence-electron chi connectivity index (χ0n) is 13.5. The molecule has 1 saturated heterocycles. The molecule has 6 nitrogen and oxygen atoms in total. The van der Waals surface area contributed by atoms with Gasteiger partial charge in [0.25, 0.3) is 5.91 Å². The van der Waals surface area contributed by atoms with Crippen LogP contribution >= 0.6 is 0 Å². The summed E-state index contributed by atoms with van der Waals surface area (Å²) >= 11 is 0. The van der Waals surface area contributed by atoms with Gasteiger partial charge in [0, 0.05) is 24.3 Å². The second kappa shape index (κ2) is 6.42. The Kier molecular flexibility index (Phi) is 4.34. The van der Waals surface area contributed by atoms with Gasteiger partial charge >= 0.3 is 0 Å². The van der Waals surface area contributed by atoms with Crippen LogP contribution in [0.5, 0.6) is 0 Å². The topological polar surface area (TPSA) is 75.6 Å². The van der Waals surface area contributed by atoms with Gasteiger partial charge in [-0.2, -0.15) is 0 Å². The molecule has 0 aliphatic carbocycles. The van der Waals surface area contributed by atoms with Gasteiger partial charge in [-0.05, 0) is 57.2 Å². The highest BCUT2D eigenvalue weighted by atomic mass is 16.3. The molecular formula is C17H22N4O2. The number of carbonyl (C=O) groups is 1. The highest BCUT2D eigenvalue weighted by molar-refractivity contribution is 5.92. The highest BCUT2D eigenvalue weighted by Gasteiger charge is 2.26. The third kappa shape index (κ3) is 3.37. The number of anilines is 1. The van der Waals surface area contributed by atoms with E-state index in [1.807, 2.05) is 19.2 Å². The molecule has 2 aromatic rings. The second-order valence-electron chi connectivity index (χ2n) is 6.11. The molecule has 3 rings (SSSR count). The summed E-state index contributed by atoms with van der Waals surface area (Å²) in [7, 11) is 3.95. The number of benzene rings is 1. The van der Waals surface area contributed by atoms with Crippen LogP contribution in [0, 0.1) is 0 Å². The van der Waals surface area contributed by atoms with Crippen LogP contribution in [0.4, 0.5) is 5.69 Å². The number of oxazole rings is 1. The van der Waals surface area contributed by atoms with E-state index in [-0.39, 0.29) is 11.9 Å². The van der Waals surface area contributed by atoms with Crippen molar-refractivity contribution >= 4 is 11.6 Å². The molecule has 1 amide bonds. The number of likely N-dealkylation sites (tertiary alicyclic amines) is 1. The molecule has 2 N–H and O–H groups in total. The summed E-state index contributed by atoms with van der Waals surface area (Å²) in [6.45, 7) is 2.02. The van der Waals surface area contributed by atoms with Crippen molar-refractivity contribution in [1.29, 1.82) is 0 Å². The largest absolute Gasteiger partial charge is 0.444 e. The van der Waals surface area contributed by atoms with Crippen molar-refractivity contribution in [2.75, 3.05) is 32.9 Å². The van der Waals surface area contributed by atoms with Crippen LogP contribution in [0.3, 0.4) is 0 Å². The fourth-order valence-corrected chi connectivity index (χ4v) is 2.86. The van der Waals surface area contributed by atoms with E-state index in [2.05, 4.69) is 16.9 Å². The van der Waals surface area contributed by atoms with Crippen LogP contribution in [-0.2, 0) is 0 Å². The number of hydrogen-bond acceptors (Lipinski definition) is 5. The van der Waals surface area contributed by atoms with Gasteiger partial charge in [-0.1, -0.05) is 0 Å². The van der Waals surface area contributed by atoms with Crippen LogP contribution in [0.1, 0.15) is 23.3 Å². The molecule has 6 heteroatoms. The molecule has 1 aliphatic heterocycles. The molecule has 23 heavy (non-hydrogen) atoms. The van der Waals surface area contributed by atoms with Crippen LogP contribution in [0.15, 0.2) is 34.9 Å². The Morgan fingerprint density at radius 2 is 1.96 bits per heavy atom. The van der Waals surface area contributed by atoms with Gasteiger partial charge in [-0.15, -0.1) is 0 Å². The van der Waals surface area contributed by atoms with Crippen molar-refractivity contribution in [3.05, 3.63) is 36.2 Å². The molecule has 1 aromatic heterocycles. The SMILES string of the molecule is CN1CCC(N(C)C(=O)c2coc(-c3ccc(N)cc3)n2)CC1. The lowest BCUT2D eigenvalue weighted by Crippen LogP contribution is -2.44. The third-order valence-electron chi connectivity index (χ3n) is 4.44. The Labute approximate surface area is 135 Å². The maximum atomic E-state index is 12.6. The van der Waals surface area contributed by atoms with Crippen molar-refractivity contribution in [1.82, 2.24) is 14.8 Å². The Morgan fingerprint density at radius 3 is 2.61 bits per heavy atom. The molecule has 0 bridgehead atoms. The molecule has 1 aliphatic rings. The number of amides is 1. The number of nitrogens with zero attached hydrogens (tertiary/aromatic N) is 3. The van der Waals surface area contributed by atoms with Crippen LogP contribution in [0.2, 0.25) is 0 Å². The quantitative estimate of drug-likeness (QED) is 0.878. The van der Waals surface area contributed by atoms with E-state index >= 15 is 0 Å². The van der Waals surface area contributed by atoms with Crippen molar-refractivity contribution in [3.63, 3.8) is 0 Å². The summed E-state index contributed by atoms with van der Waals surface area (Å²) in [5, 5.41) is 0. The number of hydrogen-bond donors (Lipinski definition) is 1. The summed E-state index contributed by atoms with van der Waals surface area (Å²) in [6, 6.07) is 7.49. The van der Waals surface area contributed by atoms with Gasteiger partial charge in [0.05, 0.1) is 0 Å². The minimum absolute atomic E-state index is 0.0926. The lowest BCUT2D eigenvalue weighted by molar-refractivity contribution is 0.0654. The molecular weight excluding hydrogens is 292 g/mol. The number of aromatic nitrogens is 1. The lowest BCUT2D eigenvalue weighted by atomic mass is 10.0. The van der Waals surface area contributed by atoms with E-state index in [1.54, 1.807) is 17.0 Å². The second-order valence-corrected chi connectivity index (χ2v) is 6.11. The fraction of sp³-hybridized carbons (Fsp3) is 0.412. The first-order valence-corrected chi connectivity index (χ1v) is 7.82. The summed E-state index contributed by atoms with van der Waals surface area (Å²) < 4.78 is 5.46. The summed E-state index contributed by atoms with van der Waals surface area (Å²) in [5.74, 6) is 0.343. The Balaban J connectivity index is 1.72. The molecule has 0 unspecified atom stereocenters. The van der Waals surface area contributed by atoms with Crippen molar-refractivity contribution < 1.29 is 9.21 Å². The molecule has 1 aromatic carbocycles. The van der Waals surface area contributed by atoms with Gasteiger partial charge in [-0.25, -0.2) is 4.98 Å². The van der Waals surface area contributed by atoms with E-state index in [4.69, 9.17) is 10.2 Å². The smallest absolute Gasteiger partial charge is 0.275 e. The lowest BCUT2D eigenvalue weighted by Gasteiger charge is -2.34. The van der Waals surface area contributed by atoms with Gasteiger partial charge in [0.1, 0.15) is 6.26 Å². The maximum absolute atomic E-state index is 12.6. The van der Waals surface area contributed by atoms with Crippen molar-refractivity contribution in [2.24, 2.45) is 0 Å². The summed E-state index contributed by atoms with van der Waals surface area (Å²) in [4.78, 5) is 21.0. The van der Waals surface area contributed by atoms with Crippen molar-refractivity contribution in [3.8, 4) is 11.5 Å². The molecule has 1 fully saturated rings. The van der Waals surface area contributed by atoms with E-state index in [0.717, 1.165) is 31.5 Å². The van der Waals surface area contributed by atoms with E-state index in [1.165, 1.54) is 6.26 Å². The van der Waals surface area contributed by atoms with E-state index in [0.29, 0.717) is 17.3 Å². The Hall–Kier alpha value is -2.34. The first-order valence-electron chi connectivity index (χ1n) is 7.82. The minimum Gasteiger partial charge on any atom is -0.444 e. The first-order chi connectivity index (χ1) is 11.0. The monoisotopic (exact) mass is 314 g/mol. The van der Waals surface area contributed by atoms with E-state index in [9.17, 15) is 4.79 Å². The number of rotatable bonds is 3. The number of piperidine rings is 1. The highest BCUT2D eigenvalue weighted by Crippen LogP contribution is 2.22. The molecule has 0 radical (unpaired) electrons.